The van der Waals surface area contributed by atoms with Crippen LogP contribution < -0.4 is 15.4 Å². The number of benzene rings is 1. The van der Waals surface area contributed by atoms with Crippen molar-refractivity contribution in [1.82, 2.24) is 0 Å². The highest BCUT2D eigenvalue weighted by atomic mass is 16.5. The molecule has 2 rings (SSSR count). The average molecular weight is 236 g/mol. The number of aliphatic hydroxyl groups excluding tert-OH is 1. The van der Waals surface area contributed by atoms with Crippen LogP contribution in [0.2, 0.25) is 0 Å². The van der Waals surface area contributed by atoms with E-state index in [9.17, 15) is 5.11 Å². The zero-order valence-electron chi connectivity index (χ0n) is 10.4. The molecule has 1 heterocycles. The molecule has 2 unspecified atom stereocenters. The second kappa shape index (κ2) is 4.84. The van der Waals surface area contributed by atoms with Crippen molar-refractivity contribution in [1.29, 1.82) is 0 Å². The van der Waals surface area contributed by atoms with Gasteiger partial charge in [0.05, 0.1) is 13.2 Å². The first-order chi connectivity index (χ1) is 8.10. The summed E-state index contributed by atoms with van der Waals surface area (Å²) in [5.41, 5.74) is 7.54. The largest absolute Gasteiger partial charge is 0.497 e. The van der Waals surface area contributed by atoms with E-state index in [4.69, 9.17) is 10.5 Å². The van der Waals surface area contributed by atoms with Crippen LogP contribution >= 0.6 is 0 Å². The van der Waals surface area contributed by atoms with Crippen LogP contribution in [0.5, 0.6) is 5.75 Å². The molecular formula is C13H20N2O2. The fourth-order valence-corrected chi connectivity index (χ4v) is 2.19. The number of anilines is 2. The van der Waals surface area contributed by atoms with Gasteiger partial charge >= 0.3 is 0 Å². The van der Waals surface area contributed by atoms with Crippen LogP contribution in [0.3, 0.4) is 0 Å². The molecule has 1 fully saturated rings. The molecule has 1 aliphatic heterocycles. The molecule has 1 aromatic carbocycles. The number of nitrogens with two attached hydrogens (primary N) is 1. The van der Waals surface area contributed by atoms with Gasteiger partial charge in [-0.2, -0.15) is 0 Å². The molecular weight excluding hydrogens is 216 g/mol. The first kappa shape index (κ1) is 12.0. The minimum absolute atomic E-state index is 0.267. The molecule has 4 nitrogen and oxygen atoms in total. The van der Waals surface area contributed by atoms with Crippen LogP contribution in [0.1, 0.15) is 13.3 Å². The van der Waals surface area contributed by atoms with Crippen LogP contribution in [0.25, 0.3) is 0 Å². The monoisotopic (exact) mass is 236 g/mol. The minimum Gasteiger partial charge on any atom is -0.497 e. The highest BCUT2D eigenvalue weighted by Gasteiger charge is 2.24. The van der Waals surface area contributed by atoms with E-state index in [1.165, 1.54) is 0 Å². The van der Waals surface area contributed by atoms with Gasteiger partial charge in [0.25, 0.3) is 0 Å². The van der Waals surface area contributed by atoms with Crippen LogP contribution in [0, 0.1) is 5.92 Å². The molecule has 1 saturated heterocycles. The van der Waals surface area contributed by atoms with Gasteiger partial charge in [0.2, 0.25) is 0 Å². The Morgan fingerprint density at radius 1 is 1.41 bits per heavy atom. The highest BCUT2D eigenvalue weighted by molar-refractivity contribution is 5.60. The third-order valence-corrected chi connectivity index (χ3v) is 3.43. The third kappa shape index (κ3) is 2.64. The molecule has 2 atom stereocenters. The first-order valence-corrected chi connectivity index (χ1v) is 5.97. The molecule has 0 aliphatic carbocycles. The lowest BCUT2D eigenvalue weighted by Gasteiger charge is -2.36. The number of rotatable bonds is 2. The van der Waals surface area contributed by atoms with E-state index in [0.29, 0.717) is 18.2 Å². The minimum atomic E-state index is -0.267. The fourth-order valence-electron chi connectivity index (χ4n) is 2.19. The molecule has 0 bridgehead atoms. The summed E-state index contributed by atoms with van der Waals surface area (Å²) in [6, 6.07) is 5.68. The third-order valence-electron chi connectivity index (χ3n) is 3.43. The van der Waals surface area contributed by atoms with Crippen molar-refractivity contribution in [3.05, 3.63) is 18.2 Å². The Kier molecular flexibility index (Phi) is 3.43. The molecule has 0 spiro atoms. The van der Waals surface area contributed by atoms with Gasteiger partial charge in [-0.15, -0.1) is 0 Å². The van der Waals surface area contributed by atoms with Crippen molar-refractivity contribution >= 4 is 11.4 Å². The fraction of sp³-hybridized carbons (Fsp3) is 0.538. The quantitative estimate of drug-likeness (QED) is 0.764. The summed E-state index contributed by atoms with van der Waals surface area (Å²) >= 11 is 0. The van der Waals surface area contributed by atoms with Crippen molar-refractivity contribution in [2.24, 2.45) is 5.92 Å². The molecule has 1 aromatic rings. The van der Waals surface area contributed by atoms with E-state index in [2.05, 4.69) is 11.8 Å². The van der Waals surface area contributed by atoms with Gasteiger partial charge in [-0.3, -0.25) is 0 Å². The Balaban J connectivity index is 2.19. The Morgan fingerprint density at radius 3 is 2.82 bits per heavy atom. The van der Waals surface area contributed by atoms with Crippen LogP contribution in [0.4, 0.5) is 11.4 Å². The predicted molar refractivity (Wildman–Crippen MR) is 69.4 cm³/mol. The van der Waals surface area contributed by atoms with E-state index in [1.54, 1.807) is 13.2 Å². The summed E-state index contributed by atoms with van der Waals surface area (Å²) in [5.74, 6) is 1.13. The number of β-amino-alcohol motifs (C(OH)–C–C–N with tert-alkyl or cyclic N) is 1. The molecule has 17 heavy (non-hydrogen) atoms. The maximum absolute atomic E-state index is 9.90. The summed E-state index contributed by atoms with van der Waals surface area (Å²) in [4.78, 5) is 2.16. The molecule has 1 aliphatic rings. The smallest absolute Gasteiger partial charge is 0.122 e. The Hall–Kier alpha value is -1.42. The first-order valence-electron chi connectivity index (χ1n) is 5.97. The molecule has 0 radical (unpaired) electrons. The van der Waals surface area contributed by atoms with Crippen molar-refractivity contribution in [2.45, 2.75) is 19.4 Å². The van der Waals surface area contributed by atoms with Crippen molar-refractivity contribution in [3.8, 4) is 5.75 Å². The number of aliphatic hydroxyl groups is 1. The lowest BCUT2D eigenvalue weighted by Crippen LogP contribution is -2.42. The van der Waals surface area contributed by atoms with E-state index in [-0.39, 0.29) is 6.10 Å². The van der Waals surface area contributed by atoms with Gasteiger partial charge in [0.15, 0.2) is 0 Å². The molecule has 94 valence electrons. The van der Waals surface area contributed by atoms with Gasteiger partial charge in [0.1, 0.15) is 5.75 Å². The van der Waals surface area contributed by atoms with Gasteiger partial charge in [-0.1, -0.05) is 6.92 Å². The number of ether oxygens (including phenoxy) is 1. The standard InChI is InChI=1S/C13H20N2O2/c1-9-3-4-15(8-13(9)16)11-5-10(14)6-12(7-11)17-2/h5-7,9,13,16H,3-4,8,14H2,1-2H3. The van der Waals surface area contributed by atoms with Crippen molar-refractivity contribution in [3.63, 3.8) is 0 Å². The van der Waals surface area contributed by atoms with E-state index >= 15 is 0 Å². The summed E-state index contributed by atoms with van der Waals surface area (Å²) in [5, 5.41) is 9.90. The molecule has 0 aromatic heterocycles. The maximum atomic E-state index is 9.90. The number of hydrogen-bond donors (Lipinski definition) is 2. The topological polar surface area (TPSA) is 58.7 Å². The average Bonchev–Trinajstić information content (AvgIpc) is 2.32. The second-order valence-corrected chi connectivity index (χ2v) is 4.74. The zero-order chi connectivity index (χ0) is 12.4. The Labute approximate surface area is 102 Å². The molecule has 3 N–H and O–H groups in total. The van der Waals surface area contributed by atoms with Gasteiger partial charge in [-0.25, -0.2) is 0 Å². The number of methoxy groups -OCH3 is 1. The van der Waals surface area contributed by atoms with Gasteiger partial charge in [0, 0.05) is 36.6 Å². The number of nitrogen functional groups attached to an aromatic ring is 1. The summed E-state index contributed by atoms with van der Waals surface area (Å²) in [6.07, 6.45) is 0.731. The number of nitrogens with zero attached hydrogens (tertiary/aromatic N) is 1. The highest BCUT2D eigenvalue weighted by Crippen LogP contribution is 2.28. The summed E-state index contributed by atoms with van der Waals surface area (Å²) in [6.45, 7) is 3.69. The normalized spacial score (nSPS) is 24.8. The Morgan fingerprint density at radius 2 is 2.18 bits per heavy atom. The van der Waals surface area contributed by atoms with Crippen LogP contribution in [-0.2, 0) is 0 Å². The van der Waals surface area contributed by atoms with Crippen molar-refractivity contribution < 1.29 is 9.84 Å². The van der Waals surface area contributed by atoms with Gasteiger partial charge in [-0.05, 0) is 18.4 Å². The van der Waals surface area contributed by atoms with Gasteiger partial charge < -0.3 is 20.5 Å². The number of piperidine rings is 1. The summed E-state index contributed by atoms with van der Waals surface area (Å²) in [7, 11) is 1.63. The molecule has 0 saturated carbocycles. The van der Waals surface area contributed by atoms with Crippen LogP contribution in [-0.4, -0.2) is 31.4 Å². The van der Waals surface area contributed by atoms with E-state index in [0.717, 1.165) is 24.4 Å². The lowest BCUT2D eigenvalue weighted by atomic mass is 9.95. The Bertz CT molecular complexity index is 395. The molecule has 4 heteroatoms. The predicted octanol–water partition coefficient (Wildman–Crippen LogP) is 1.48. The van der Waals surface area contributed by atoms with E-state index < -0.39 is 0 Å². The second-order valence-electron chi connectivity index (χ2n) is 4.74. The SMILES string of the molecule is COc1cc(N)cc(N2CCC(C)C(O)C2)c1. The number of hydrogen-bond acceptors (Lipinski definition) is 4. The zero-order valence-corrected chi connectivity index (χ0v) is 10.4. The van der Waals surface area contributed by atoms with Crippen LogP contribution in [0.15, 0.2) is 18.2 Å². The summed E-state index contributed by atoms with van der Waals surface area (Å²) < 4.78 is 5.21. The lowest BCUT2D eigenvalue weighted by molar-refractivity contribution is 0.103. The maximum Gasteiger partial charge on any atom is 0.122 e. The molecule has 0 amide bonds. The van der Waals surface area contributed by atoms with Crippen molar-refractivity contribution in [2.75, 3.05) is 30.8 Å². The van der Waals surface area contributed by atoms with E-state index in [1.807, 2.05) is 12.1 Å².